The summed E-state index contributed by atoms with van der Waals surface area (Å²) in [7, 11) is 1.78. The van der Waals surface area contributed by atoms with Gasteiger partial charge in [0.25, 0.3) is 0 Å². The molecule has 1 aromatic carbocycles. The molecule has 0 unspecified atom stereocenters. The van der Waals surface area contributed by atoms with Crippen molar-refractivity contribution in [3.63, 3.8) is 0 Å². The number of ether oxygens (including phenoxy) is 1. The molecule has 1 aromatic rings. The normalized spacial score (nSPS) is 17.1. The number of hydrogen-bond donors (Lipinski definition) is 1. The Morgan fingerprint density at radius 1 is 1.28 bits per heavy atom. The molecule has 0 radical (unpaired) electrons. The molecule has 100 valence electrons. The molecule has 3 heteroatoms. The summed E-state index contributed by atoms with van der Waals surface area (Å²) in [4.78, 5) is 2.48. The van der Waals surface area contributed by atoms with Gasteiger partial charge >= 0.3 is 0 Å². The Kier molecular flexibility index (Phi) is 4.61. The minimum Gasteiger partial charge on any atom is -0.496 e. The van der Waals surface area contributed by atoms with E-state index in [0.29, 0.717) is 5.92 Å². The molecule has 0 saturated carbocycles. The number of methoxy groups -OCH3 is 1. The molecule has 1 fully saturated rings. The Bertz CT molecular complexity index is 384. The molecule has 0 aromatic heterocycles. The van der Waals surface area contributed by atoms with Gasteiger partial charge in [-0.05, 0) is 11.5 Å². The van der Waals surface area contributed by atoms with Crippen LogP contribution in [0.5, 0.6) is 5.75 Å². The number of nitrogens with one attached hydrogen (secondary N) is 1. The SMILES string of the molecule is COc1c(CN2CCNCC2)cccc1C(C)C. The molecule has 0 spiro atoms. The maximum Gasteiger partial charge on any atom is 0.126 e. The van der Waals surface area contributed by atoms with Crippen molar-refractivity contribution in [3.05, 3.63) is 29.3 Å². The van der Waals surface area contributed by atoms with Gasteiger partial charge in [-0.25, -0.2) is 0 Å². The van der Waals surface area contributed by atoms with Crippen LogP contribution in [0.4, 0.5) is 0 Å². The summed E-state index contributed by atoms with van der Waals surface area (Å²) in [5, 5.41) is 3.39. The van der Waals surface area contributed by atoms with Crippen LogP contribution >= 0.6 is 0 Å². The Morgan fingerprint density at radius 2 is 2.00 bits per heavy atom. The quantitative estimate of drug-likeness (QED) is 0.884. The summed E-state index contributed by atoms with van der Waals surface area (Å²) >= 11 is 0. The fraction of sp³-hybridized carbons (Fsp3) is 0.600. The van der Waals surface area contributed by atoms with Gasteiger partial charge in [-0.2, -0.15) is 0 Å². The highest BCUT2D eigenvalue weighted by atomic mass is 16.5. The third-order valence-corrected chi connectivity index (χ3v) is 3.56. The van der Waals surface area contributed by atoms with Gasteiger partial charge in [0.15, 0.2) is 0 Å². The average Bonchev–Trinajstić information content (AvgIpc) is 2.39. The maximum atomic E-state index is 5.64. The van der Waals surface area contributed by atoms with Crippen molar-refractivity contribution in [2.24, 2.45) is 0 Å². The fourth-order valence-corrected chi connectivity index (χ4v) is 2.54. The van der Waals surface area contributed by atoms with Gasteiger partial charge in [-0.1, -0.05) is 32.0 Å². The van der Waals surface area contributed by atoms with Gasteiger partial charge in [0.1, 0.15) is 5.75 Å². The van der Waals surface area contributed by atoms with Crippen molar-refractivity contribution in [3.8, 4) is 5.75 Å². The van der Waals surface area contributed by atoms with Crippen molar-refractivity contribution in [1.82, 2.24) is 10.2 Å². The Balaban J connectivity index is 2.18. The Hall–Kier alpha value is -1.06. The number of nitrogens with zero attached hydrogens (tertiary/aromatic N) is 1. The van der Waals surface area contributed by atoms with E-state index in [1.54, 1.807) is 7.11 Å². The second kappa shape index (κ2) is 6.21. The van der Waals surface area contributed by atoms with Gasteiger partial charge in [0.2, 0.25) is 0 Å². The van der Waals surface area contributed by atoms with Gasteiger partial charge < -0.3 is 10.1 Å². The third-order valence-electron chi connectivity index (χ3n) is 3.56. The van der Waals surface area contributed by atoms with E-state index in [-0.39, 0.29) is 0 Å². The molecule has 1 aliphatic heterocycles. The van der Waals surface area contributed by atoms with E-state index in [4.69, 9.17) is 4.74 Å². The highest BCUT2D eigenvalue weighted by Crippen LogP contribution is 2.30. The summed E-state index contributed by atoms with van der Waals surface area (Å²) in [5.41, 5.74) is 2.62. The number of rotatable bonds is 4. The van der Waals surface area contributed by atoms with Crippen molar-refractivity contribution < 1.29 is 4.74 Å². The number of para-hydroxylation sites is 1. The van der Waals surface area contributed by atoms with Crippen molar-refractivity contribution in [2.75, 3.05) is 33.3 Å². The highest BCUT2D eigenvalue weighted by Gasteiger charge is 2.15. The zero-order chi connectivity index (χ0) is 13.0. The summed E-state index contributed by atoms with van der Waals surface area (Å²) in [6.45, 7) is 9.84. The van der Waals surface area contributed by atoms with Gasteiger partial charge in [-0.3, -0.25) is 4.90 Å². The molecule has 0 bridgehead atoms. The first kappa shape index (κ1) is 13.4. The highest BCUT2D eigenvalue weighted by molar-refractivity contribution is 5.43. The topological polar surface area (TPSA) is 24.5 Å². The molecule has 0 amide bonds. The van der Waals surface area contributed by atoms with Crippen LogP contribution < -0.4 is 10.1 Å². The number of piperazine rings is 1. The zero-order valence-electron chi connectivity index (χ0n) is 11.7. The monoisotopic (exact) mass is 248 g/mol. The van der Waals surface area contributed by atoms with E-state index in [1.165, 1.54) is 11.1 Å². The molecule has 1 saturated heterocycles. The summed E-state index contributed by atoms with van der Waals surface area (Å²) in [6, 6.07) is 6.51. The van der Waals surface area contributed by atoms with Crippen LogP contribution in [-0.2, 0) is 6.54 Å². The molecular formula is C15H24N2O. The lowest BCUT2D eigenvalue weighted by Gasteiger charge is -2.28. The Morgan fingerprint density at radius 3 is 2.61 bits per heavy atom. The largest absolute Gasteiger partial charge is 0.496 e. The minimum absolute atomic E-state index is 0.503. The van der Waals surface area contributed by atoms with Gasteiger partial charge in [0.05, 0.1) is 7.11 Å². The zero-order valence-corrected chi connectivity index (χ0v) is 11.7. The maximum absolute atomic E-state index is 5.64. The molecule has 0 atom stereocenters. The first-order chi connectivity index (χ1) is 8.72. The molecule has 3 nitrogen and oxygen atoms in total. The van der Waals surface area contributed by atoms with E-state index in [0.717, 1.165) is 38.5 Å². The van der Waals surface area contributed by atoms with Crippen LogP contribution in [0, 0.1) is 0 Å². The number of benzene rings is 1. The smallest absolute Gasteiger partial charge is 0.126 e. The molecular weight excluding hydrogens is 224 g/mol. The molecule has 2 rings (SSSR count). The second-order valence-corrected chi connectivity index (χ2v) is 5.22. The van der Waals surface area contributed by atoms with Gasteiger partial charge in [-0.15, -0.1) is 0 Å². The van der Waals surface area contributed by atoms with Crippen LogP contribution in [0.15, 0.2) is 18.2 Å². The molecule has 1 heterocycles. The Labute approximate surface area is 110 Å². The van der Waals surface area contributed by atoms with Crippen LogP contribution in [0.1, 0.15) is 30.9 Å². The fourth-order valence-electron chi connectivity index (χ4n) is 2.54. The van der Waals surface area contributed by atoms with Crippen LogP contribution in [0.25, 0.3) is 0 Å². The van der Waals surface area contributed by atoms with E-state index in [2.05, 4.69) is 42.3 Å². The summed E-state index contributed by atoms with van der Waals surface area (Å²) in [5.74, 6) is 1.58. The minimum atomic E-state index is 0.503. The second-order valence-electron chi connectivity index (χ2n) is 5.22. The molecule has 1 aliphatic rings. The van der Waals surface area contributed by atoms with E-state index in [1.807, 2.05) is 0 Å². The average molecular weight is 248 g/mol. The predicted molar refractivity (Wildman–Crippen MR) is 75.2 cm³/mol. The summed E-state index contributed by atoms with van der Waals surface area (Å²) in [6.07, 6.45) is 0. The molecule has 1 N–H and O–H groups in total. The standard InChI is InChI=1S/C15H24N2O/c1-12(2)14-6-4-5-13(15(14)18-3)11-17-9-7-16-8-10-17/h4-6,12,16H,7-11H2,1-3H3. The number of hydrogen-bond acceptors (Lipinski definition) is 3. The molecule has 18 heavy (non-hydrogen) atoms. The lowest BCUT2D eigenvalue weighted by molar-refractivity contribution is 0.230. The molecule has 0 aliphatic carbocycles. The summed E-state index contributed by atoms with van der Waals surface area (Å²) < 4.78 is 5.64. The predicted octanol–water partition coefficient (Wildman–Crippen LogP) is 2.22. The van der Waals surface area contributed by atoms with Crippen LogP contribution in [0.3, 0.4) is 0 Å². The van der Waals surface area contributed by atoms with Crippen LogP contribution in [-0.4, -0.2) is 38.2 Å². The van der Waals surface area contributed by atoms with E-state index < -0.39 is 0 Å². The lowest BCUT2D eigenvalue weighted by Crippen LogP contribution is -2.42. The lowest BCUT2D eigenvalue weighted by atomic mass is 9.98. The first-order valence-corrected chi connectivity index (χ1v) is 6.81. The van der Waals surface area contributed by atoms with E-state index in [9.17, 15) is 0 Å². The van der Waals surface area contributed by atoms with Crippen molar-refractivity contribution in [1.29, 1.82) is 0 Å². The van der Waals surface area contributed by atoms with Gasteiger partial charge in [0, 0.05) is 38.3 Å². The van der Waals surface area contributed by atoms with E-state index >= 15 is 0 Å². The van der Waals surface area contributed by atoms with Crippen LogP contribution in [0.2, 0.25) is 0 Å². The first-order valence-electron chi connectivity index (χ1n) is 6.81. The third kappa shape index (κ3) is 3.03. The van der Waals surface area contributed by atoms with Crippen molar-refractivity contribution in [2.45, 2.75) is 26.3 Å². The van der Waals surface area contributed by atoms with Crippen molar-refractivity contribution >= 4 is 0 Å².